The molecule has 2 heterocycles. The van der Waals surface area contributed by atoms with Gasteiger partial charge >= 0.3 is 0 Å². The molecular formula is C25H20BrClN4O3S2. The van der Waals surface area contributed by atoms with E-state index in [0.29, 0.717) is 27.0 Å². The van der Waals surface area contributed by atoms with Crippen molar-refractivity contribution in [3.05, 3.63) is 78.3 Å². The molecule has 5 rings (SSSR count). The second kappa shape index (κ2) is 10.8. The number of halogens is 2. The van der Waals surface area contributed by atoms with E-state index in [1.54, 1.807) is 59.6 Å². The lowest BCUT2D eigenvalue weighted by Gasteiger charge is -2.12. The van der Waals surface area contributed by atoms with Crippen molar-refractivity contribution in [2.24, 2.45) is 5.10 Å². The van der Waals surface area contributed by atoms with E-state index in [2.05, 4.69) is 26.5 Å². The largest absolute Gasteiger partial charge is 0.496 e. The van der Waals surface area contributed by atoms with E-state index >= 15 is 0 Å². The Morgan fingerprint density at radius 3 is 2.86 bits per heavy atom. The summed E-state index contributed by atoms with van der Waals surface area (Å²) in [5, 5.41) is 5.76. The number of hydrogen-bond acceptors (Lipinski definition) is 7. The van der Waals surface area contributed by atoms with Gasteiger partial charge in [-0.15, -0.1) is 11.3 Å². The highest BCUT2D eigenvalue weighted by atomic mass is 79.9. The molecule has 1 aliphatic rings. The molecule has 0 saturated heterocycles. The van der Waals surface area contributed by atoms with Crippen LogP contribution >= 0.6 is 50.6 Å². The van der Waals surface area contributed by atoms with Crippen molar-refractivity contribution in [3.8, 4) is 11.4 Å². The number of hydrazone groups is 1. The monoisotopic (exact) mass is 602 g/mol. The van der Waals surface area contributed by atoms with Gasteiger partial charge in [0.25, 0.3) is 11.5 Å². The normalized spacial score (nSPS) is 12.9. The number of methoxy groups -OCH3 is 1. The predicted octanol–water partition coefficient (Wildman–Crippen LogP) is 5.60. The Morgan fingerprint density at radius 1 is 1.31 bits per heavy atom. The summed E-state index contributed by atoms with van der Waals surface area (Å²) in [4.78, 5) is 32.9. The van der Waals surface area contributed by atoms with Gasteiger partial charge in [-0.25, -0.2) is 10.4 Å². The van der Waals surface area contributed by atoms with Crippen molar-refractivity contribution in [1.82, 2.24) is 15.0 Å². The number of carbonyl (C=O) groups is 1. The first-order chi connectivity index (χ1) is 17.4. The zero-order chi connectivity index (χ0) is 25.2. The first-order valence-electron chi connectivity index (χ1n) is 11.1. The summed E-state index contributed by atoms with van der Waals surface area (Å²) in [6, 6.07) is 12.5. The molecular weight excluding hydrogens is 584 g/mol. The van der Waals surface area contributed by atoms with Gasteiger partial charge in [-0.2, -0.15) is 5.10 Å². The van der Waals surface area contributed by atoms with Crippen molar-refractivity contribution in [2.45, 2.75) is 24.4 Å². The van der Waals surface area contributed by atoms with E-state index in [0.717, 1.165) is 39.7 Å². The Balaban J connectivity index is 1.38. The number of ether oxygens (including phenoxy) is 1. The molecule has 0 radical (unpaired) electrons. The van der Waals surface area contributed by atoms with Crippen LogP contribution in [0.4, 0.5) is 0 Å². The smallest absolute Gasteiger partial charge is 0.267 e. The highest BCUT2D eigenvalue weighted by molar-refractivity contribution is 9.10. The molecule has 0 aliphatic heterocycles. The van der Waals surface area contributed by atoms with Gasteiger partial charge in [0.15, 0.2) is 5.16 Å². The first-order valence-corrected chi connectivity index (χ1v) is 14.0. The quantitative estimate of drug-likeness (QED) is 0.129. The summed E-state index contributed by atoms with van der Waals surface area (Å²) in [5.74, 6) is 0.439. The number of fused-ring (bicyclic) bond motifs is 3. The van der Waals surface area contributed by atoms with E-state index in [1.807, 2.05) is 12.1 Å². The van der Waals surface area contributed by atoms with Gasteiger partial charge in [-0.3, -0.25) is 14.2 Å². The number of nitrogens with one attached hydrogen (secondary N) is 1. The van der Waals surface area contributed by atoms with Crippen molar-refractivity contribution < 1.29 is 9.53 Å². The Hall–Kier alpha value is -2.66. The van der Waals surface area contributed by atoms with Crippen LogP contribution in [-0.4, -0.2) is 34.5 Å². The van der Waals surface area contributed by atoms with Gasteiger partial charge in [-0.1, -0.05) is 23.4 Å². The van der Waals surface area contributed by atoms with Crippen LogP contribution in [0, 0.1) is 0 Å². The van der Waals surface area contributed by atoms with Crippen LogP contribution in [0.1, 0.15) is 22.4 Å². The summed E-state index contributed by atoms with van der Waals surface area (Å²) in [6.07, 6.45) is 4.48. The standard InChI is InChI=1S/C25H20BrClN4O3S2/c1-34-19-10-5-14(11-18(19)26)12-28-30-21(32)13-35-25-29-23-22(17-3-2-4-20(17)36-23)24(33)31(25)16-8-6-15(27)7-9-16/h5-12H,2-4,13H2,1H3,(H,30,32). The third kappa shape index (κ3) is 5.08. The summed E-state index contributed by atoms with van der Waals surface area (Å²) >= 11 is 12.3. The minimum Gasteiger partial charge on any atom is -0.496 e. The second-order valence-corrected chi connectivity index (χ2v) is 11.3. The van der Waals surface area contributed by atoms with Gasteiger partial charge in [0.2, 0.25) is 0 Å². The van der Waals surface area contributed by atoms with Crippen molar-refractivity contribution in [3.63, 3.8) is 0 Å². The fourth-order valence-corrected chi connectivity index (χ4v) is 6.84. The van der Waals surface area contributed by atoms with Crippen molar-refractivity contribution in [1.29, 1.82) is 0 Å². The number of nitrogens with zero attached hydrogens (tertiary/aromatic N) is 3. The lowest BCUT2D eigenvalue weighted by atomic mass is 10.2. The molecule has 184 valence electrons. The molecule has 0 bridgehead atoms. The molecule has 11 heteroatoms. The summed E-state index contributed by atoms with van der Waals surface area (Å²) in [5.41, 5.74) is 4.98. The predicted molar refractivity (Wildman–Crippen MR) is 149 cm³/mol. The summed E-state index contributed by atoms with van der Waals surface area (Å²) in [6.45, 7) is 0. The van der Waals surface area contributed by atoms with Crippen molar-refractivity contribution >= 4 is 73.0 Å². The molecule has 2 aromatic carbocycles. The first kappa shape index (κ1) is 25.0. The number of carbonyl (C=O) groups excluding carboxylic acids is 1. The highest BCUT2D eigenvalue weighted by Crippen LogP contribution is 2.36. The molecule has 36 heavy (non-hydrogen) atoms. The van der Waals surface area contributed by atoms with Crippen LogP contribution in [0.2, 0.25) is 5.02 Å². The van der Waals surface area contributed by atoms with E-state index in [4.69, 9.17) is 21.3 Å². The zero-order valence-corrected chi connectivity index (χ0v) is 23.1. The van der Waals surface area contributed by atoms with Gasteiger partial charge < -0.3 is 4.74 Å². The van der Waals surface area contributed by atoms with Gasteiger partial charge in [0.05, 0.1) is 34.6 Å². The third-order valence-electron chi connectivity index (χ3n) is 5.70. The maximum absolute atomic E-state index is 13.6. The number of rotatable bonds is 7. The third-order valence-corrected chi connectivity index (χ3v) is 8.70. The number of aryl methyl sites for hydroxylation is 2. The maximum atomic E-state index is 13.6. The van der Waals surface area contributed by atoms with Gasteiger partial charge in [-0.05, 0) is 88.8 Å². The number of aromatic nitrogens is 2. The average Bonchev–Trinajstić information content (AvgIpc) is 3.45. The van der Waals surface area contributed by atoms with Crippen LogP contribution in [0.3, 0.4) is 0 Å². The molecule has 0 fully saturated rings. The molecule has 0 saturated carbocycles. The molecule has 1 aliphatic carbocycles. The molecule has 0 spiro atoms. The SMILES string of the molecule is COc1ccc(C=NNC(=O)CSc2nc3sc4c(c3c(=O)n2-c2ccc(Cl)cc2)CCC4)cc1Br. The Morgan fingerprint density at radius 2 is 2.11 bits per heavy atom. The second-order valence-electron chi connectivity index (χ2n) is 8.02. The molecule has 7 nitrogen and oxygen atoms in total. The van der Waals surface area contributed by atoms with Crippen LogP contribution in [-0.2, 0) is 17.6 Å². The minimum absolute atomic E-state index is 0.0419. The Kier molecular flexibility index (Phi) is 7.47. The molecule has 4 aromatic rings. The molecule has 0 atom stereocenters. The Labute approximate surface area is 228 Å². The van der Waals surface area contributed by atoms with E-state index in [-0.39, 0.29) is 17.2 Å². The molecule has 1 amide bonds. The van der Waals surface area contributed by atoms with Crippen molar-refractivity contribution in [2.75, 3.05) is 12.9 Å². The number of amides is 1. The van der Waals surface area contributed by atoms with E-state index < -0.39 is 0 Å². The minimum atomic E-state index is -0.311. The fraction of sp³-hybridized carbons (Fsp3) is 0.200. The number of thioether (sulfide) groups is 1. The average molecular weight is 604 g/mol. The summed E-state index contributed by atoms with van der Waals surface area (Å²) < 4.78 is 7.58. The number of thiophene rings is 1. The molecule has 0 unspecified atom stereocenters. The fourth-order valence-electron chi connectivity index (χ4n) is 4.04. The highest BCUT2D eigenvalue weighted by Gasteiger charge is 2.24. The topological polar surface area (TPSA) is 85.6 Å². The lowest BCUT2D eigenvalue weighted by molar-refractivity contribution is -0.118. The van der Waals surface area contributed by atoms with Crippen LogP contribution in [0.25, 0.3) is 15.9 Å². The van der Waals surface area contributed by atoms with E-state index in [9.17, 15) is 9.59 Å². The molecule has 1 N–H and O–H groups in total. The van der Waals surface area contributed by atoms with Crippen LogP contribution in [0.5, 0.6) is 5.75 Å². The number of benzene rings is 2. The van der Waals surface area contributed by atoms with Crippen LogP contribution < -0.4 is 15.7 Å². The molecule has 2 aromatic heterocycles. The number of hydrogen-bond donors (Lipinski definition) is 1. The lowest BCUT2D eigenvalue weighted by Crippen LogP contribution is -2.24. The van der Waals surface area contributed by atoms with Gasteiger partial charge in [0, 0.05) is 9.90 Å². The zero-order valence-electron chi connectivity index (χ0n) is 19.1. The Bertz CT molecular complexity index is 1550. The maximum Gasteiger partial charge on any atom is 0.267 e. The summed E-state index contributed by atoms with van der Waals surface area (Å²) in [7, 11) is 1.59. The van der Waals surface area contributed by atoms with Crippen LogP contribution in [0.15, 0.2) is 62.0 Å². The van der Waals surface area contributed by atoms with Gasteiger partial charge in [0.1, 0.15) is 10.6 Å². The van der Waals surface area contributed by atoms with E-state index in [1.165, 1.54) is 16.6 Å².